The van der Waals surface area contributed by atoms with Crippen LogP contribution in [0, 0.1) is 34.5 Å². The quantitative estimate of drug-likeness (QED) is 0.738. The summed E-state index contributed by atoms with van der Waals surface area (Å²) in [5.41, 5.74) is -0.318. The fourth-order valence-electron chi connectivity index (χ4n) is 5.56. The normalized spacial score (nSPS) is 42.5. The summed E-state index contributed by atoms with van der Waals surface area (Å²) in [6.45, 7) is 11.5. The molecular formula is C20H36O2. The van der Waals surface area contributed by atoms with Gasteiger partial charge in [0.25, 0.3) is 0 Å². The Morgan fingerprint density at radius 2 is 1.95 bits per heavy atom. The molecule has 2 aliphatic rings. The molecule has 2 aliphatic carbocycles. The predicted molar refractivity (Wildman–Crippen MR) is 91.6 cm³/mol. The number of aliphatic hydroxyl groups is 1. The largest absolute Gasteiger partial charge is 0.392 e. The number of carbonyl (C=O) groups is 1. The van der Waals surface area contributed by atoms with Crippen LogP contribution in [0.1, 0.15) is 79.6 Å². The van der Waals surface area contributed by atoms with Crippen molar-refractivity contribution in [1.29, 1.82) is 0 Å². The highest BCUT2D eigenvalue weighted by atomic mass is 16.3. The average molecular weight is 309 g/mol. The number of carbonyl (C=O) groups excluding carboxylic acids is 1. The molecule has 2 nitrogen and oxygen atoms in total. The molecule has 0 aliphatic heterocycles. The van der Waals surface area contributed by atoms with Crippen LogP contribution in [0.5, 0.6) is 0 Å². The summed E-state index contributed by atoms with van der Waals surface area (Å²) >= 11 is 0. The first-order valence-electron chi connectivity index (χ1n) is 9.44. The van der Waals surface area contributed by atoms with Crippen LogP contribution in [0.3, 0.4) is 0 Å². The van der Waals surface area contributed by atoms with E-state index in [1.54, 1.807) is 0 Å². The number of hydrogen-bond donors (Lipinski definition) is 1. The Labute approximate surface area is 137 Å². The van der Waals surface area contributed by atoms with Gasteiger partial charge >= 0.3 is 0 Å². The first-order valence-corrected chi connectivity index (χ1v) is 9.44. The summed E-state index contributed by atoms with van der Waals surface area (Å²) in [5, 5.41) is 10.9. The molecule has 2 heteroatoms. The Balaban J connectivity index is 2.33. The number of aliphatic hydroxyl groups excluding tert-OH is 1. The molecule has 0 bridgehead atoms. The Bertz CT molecular complexity index is 389. The molecule has 1 unspecified atom stereocenters. The molecule has 6 atom stereocenters. The SMILES string of the molecule is CC[C@@H](C)CC[C@H]1[C@@H](C)CC[C@H]2C(C)(C)CCC(O)[C@]12C=O. The average Bonchev–Trinajstić information content (AvgIpc) is 2.49. The Hall–Kier alpha value is -0.370. The van der Waals surface area contributed by atoms with E-state index in [1.165, 1.54) is 25.5 Å². The van der Waals surface area contributed by atoms with E-state index >= 15 is 0 Å². The summed E-state index contributed by atoms with van der Waals surface area (Å²) in [6.07, 6.45) is 8.36. The Morgan fingerprint density at radius 1 is 1.27 bits per heavy atom. The lowest BCUT2D eigenvalue weighted by molar-refractivity contribution is -0.177. The van der Waals surface area contributed by atoms with Crippen LogP contribution in [0.4, 0.5) is 0 Å². The van der Waals surface area contributed by atoms with Crippen LogP contribution in [-0.4, -0.2) is 17.5 Å². The van der Waals surface area contributed by atoms with Gasteiger partial charge in [-0.2, -0.15) is 0 Å². The third-order valence-corrected chi connectivity index (χ3v) is 7.30. The molecule has 0 aromatic carbocycles. The zero-order chi connectivity index (χ0) is 16.5. The fourth-order valence-corrected chi connectivity index (χ4v) is 5.56. The number of aldehydes is 1. The monoisotopic (exact) mass is 308 g/mol. The molecule has 0 amide bonds. The van der Waals surface area contributed by atoms with Crippen LogP contribution in [0.25, 0.3) is 0 Å². The second-order valence-corrected chi connectivity index (χ2v) is 8.97. The lowest BCUT2D eigenvalue weighted by atomic mass is 9.45. The third-order valence-electron chi connectivity index (χ3n) is 7.30. The summed E-state index contributed by atoms with van der Waals surface area (Å²) in [4.78, 5) is 12.3. The molecule has 0 aromatic rings. The number of fused-ring (bicyclic) bond motifs is 1. The lowest BCUT2D eigenvalue weighted by Gasteiger charge is -2.60. The molecule has 2 saturated carbocycles. The first-order chi connectivity index (χ1) is 10.3. The Morgan fingerprint density at radius 3 is 2.55 bits per heavy atom. The number of rotatable bonds is 5. The summed E-state index contributed by atoms with van der Waals surface area (Å²) in [7, 11) is 0. The molecule has 1 N–H and O–H groups in total. The zero-order valence-corrected chi connectivity index (χ0v) is 15.3. The predicted octanol–water partition coefficient (Wildman–Crippen LogP) is 4.84. The zero-order valence-electron chi connectivity index (χ0n) is 15.3. The fraction of sp³-hybridized carbons (Fsp3) is 0.950. The van der Waals surface area contributed by atoms with E-state index in [0.29, 0.717) is 23.7 Å². The third kappa shape index (κ3) is 2.88. The lowest BCUT2D eigenvalue weighted by Crippen LogP contribution is -2.60. The van der Waals surface area contributed by atoms with Crippen LogP contribution in [0.15, 0.2) is 0 Å². The van der Waals surface area contributed by atoms with Crippen molar-refractivity contribution < 1.29 is 9.90 Å². The van der Waals surface area contributed by atoms with E-state index in [0.717, 1.165) is 25.7 Å². The smallest absolute Gasteiger partial charge is 0.129 e. The van der Waals surface area contributed by atoms with Gasteiger partial charge in [0, 0.05) is 0 Å². The van der Waals surface area contributed by atoms with Gasteiger partial charge in [-0.25, -0.2) is 0 Å². The van der Waals surface area contributed by atoms with E-state index in [9.17, 15) is 9.90 Å². The minimum atomic E-state index is -0.493. The van der Waals surface area contributed by atoms with Gasteiger partial charge in [-0.15, -0.1) is 0 Å². The van der Waals surface area contributed by atoms with Gasteiger partial charge < -0.3 is 9.90 Å². The van der Waals surface area contributed by atoms with Crippen molar-refractivity contribution in [1.82, 2.24) is 0 Å². The highest BCUT2D eigenvalue weighted by molar-refractivity contribution is 5.63. The maximum absolute atomic E-state index is 12.3. The van der Waals surface area contributed by atoms with Crippen LogP contribution in [0.2, 0.25) is 0 Å². The van der Waals surface area contributed by atoms with E-state index < -0.39 is 11.5 Å². The maximum Gasteiger partial charge on any atom is 0.129 e. The minimum absolute atomic E-state index is 0.175. The highest BCUT2D eigenvalue weighted by Crippen LogP contribution is 2.61. The molecule has 0 spiro atoms. The van der Waals surface area contributed by atoms with Crippen molar-refractivity contribution in [3.63, 3.8) is 0 Å². The van der Waals surface area contributed by atoms with E-state index in [4.69, 9.17) is 0 Å². The van der Waals surface area contributed by atoms with Crippen LogP contribution < -0.4 is 0 Å². The molecular weight excluding hydrogens is 272 g/mol. The minimum Gasteiger partial charge on any atom is -0.392 e. The summed E-state index contributed by atoms with van der Waals surface area (Å²) < 4.78 is 0. The molecule has 0 radical (unpaired) electrons. The second kappa shape index (κ2) is 6.63. The van der Waals surface area contributed by atoms with Crippen LogP contribution in [-0.2, 0) is 4.79 Å². The van der Waals surface area contributed by atoms with E-state index in [-0.39, 0.29) is 5.41 Å². The van der Waals surface area contributed by atoms with E-state index in [2.05, 4.69) is 34.6 Å². The summed E-state index contributed by atoms with van der Waals surface area (Å²) in [6, 6.07) is 0. The van der Waals surface area contributed by atoms with Gasteiger partial charge in [-0.05, 0) is 54.8 Å². The highest BCUT2D eigenvalue weighted by Gasteiger charge is 2.60. The molecule has 0 saturated heterocycles. The van der Waals surface area contributed by atoms with Crippen molar-refractivity contribution >= 4 is 6.29 Å². The van der Waals surface area contributed by atoms with Crippen molar-refractivity contribution in [3.05, 3.63) is 0 Å². The molecule has 2 fully saturated rings. The molecule has 2 rings (SSSR count). The van der Waals surface area contributed by atoms with Gasteiger partial charge in [-0.3, -0.25) is 0 Å². The van der Waals surface area contributed by atoms with E-state index in [1.807, 2.05) is 0 Å². The first kappa shape index (κ1) is 18.0. The number of hydrogen-bond acceptors (Lipinski definition) is 2. The second-order valence-electron chi connectivity index (χ2n) is 8.97. The van der Waals surface area contributed by atoms with Crippen molar-refractivity contribution in [3.8, 4) is 0 Å². The van der Waals surface area contributed by atoms with Gasteiger partial charge in [0.05, 0.1) is 11.5 Å². The molecule has 128 valence electrons. The topological polar surface area (TPSA) is 37.3 Å². The Kier molecular flexibility index (Phi) is 5.42. The van der Waals surface area contributed by atoms with Gasteiger partial charge in [-0.1, -0.05) is 53.9 Å². The van der Waals surface area contributed by atoms with Crippen LogP contribution >= 0.6 is 0 Å². The standard InChI is InChI=1S/C20H36O2/c1-6-14(2)7-9-16-15(3)8-10-17-19(4,5)12-11-18(22)20(16,17)13-21/h13-18,22H,6-12H2,1-5H3/t14-,15+,16+,17+,18?,20-/m1/s1. The maximum atomic E-state index is 12.3. The molecule has 22 heavy (non-hydrogen) atoms. The van der Waals surface area contributed by atoms with Crippen molar-refractivity contribution in [2.75, 3.05) is 0 Å². The van der Waals surface area contributed by atoms with Crippen molar-refractivity contribution in [2.45, 2.75) is 85.7 Å². The van der Waals surface area contributed by atoms with Crippen molar-refractivity contribution in [2.24, 2.45) is 34.5 Å². The van der Waals surface area contributed by atoms with Gasteiger partial charge in [0.2, 0.25) is 0 Å². The molecule has 0 aromatic heterocycles. The van der Waals surface area contributed by atoms with Gasteiger partial charge in [0.15, 0.2) is 0 Å². The van der Waals surface area contributed by atoms with Gasteiger partial charge in [0.1, 0.15) is 6.29 Å². The summed E-state index contributed by atoms with van der Waals surface area (Å²) in [5.74, 6) is 1.96. The molecule has 0 heterocycles.